The summed E-state index contributed by atoms with van der Waals surface area (Å²) in [6, 6.07) is 5.76. The molecule has 0 radical (unpaired) electrons. The van der Waals surface area contributed by atoms with Crippen LogP contribution < -0.4 is 5.73 Å². The van der Waals surface area contributed by atoms with Gasteiger partial charge in [0.15, 0.2) is 0 Å². The first-order chi connectivity index (χ1) is 14.1. The number of aliphatic hydroxyl groups is 1. The molecule has 4 aromatic rings. The molecule has 1 aromatic carbocycles. The smallest absolute Gasteiger partial charge is 0.240 e. The highest BCUT2D eigenvalue weighted by molar-refractivity contribution is 7.07. The summed E-state index contributed by atoms with van der Waals surface area (Å²) in [6.45, 7) is 1.63. The van der Waals surface area contributed by atoms with E-state index >= 15 is 0 Å². The fourth-order valence-corrected chi connectivity index (χ4v) is 3.12. The lowest BCUT2D eigenvalue weighted by Gasteiger charge is -2.06. The minimum atomic E-state index is -0.670. The Labute approximate surface area is 171 Å². The first kappa shape index (κ1) is 19.0. The van der Waals surface area contributed by atoms with Crippen LogP contribution in [0.5, 0.6) is 0 Å². The van der Waals surface area contributed by atoms with Gasteiger partial charge in [0.1, 0.15) is 18.3 Å². The lowest BCUT2D eigenvalue weighted by Crippen LogP contribution is -2.08. The molecule has 1 atom stereocenters. The molecule has 9 heteroatoms. The number of aliphatic hydroxyl groups excluding tert-OH is 1. The van der Waals surface area contributed by atoms with Crippen LogP contribution in [0.2, 0.25) is 0 Å². The van der Waals surface area contributed by atoms with Crippen LogP contribution in [0.25, 0.3) is 17.0 Å². The number of anilines is 1. The maximum atomic E-state index is 9.34. The van der Waals surface area contributed by atoms with E-state index in [2.05, 4.69) is 31.8 Å². The molecular formula is C20H19N7OS. The van der Waals surface area contributed by atoms with Gasteiger partial charge in [-0.25, -0.2) is 15.0 Å². The second-order valence-electron chi connectivity index (χ2n) is 6.55. The zero-order valence-corrected chi connectivity index (χ0v) is 16.5. The molecule has 8 nitrogen and oxygen atoms in total. The number of nitrogens with two attached hydrogens (primary N) is 1. The second-order valence-corrected chi connectivity index (χ2v) is 7.30. The second kappa shape index (κ2) is 8.34. The zero-order chi connectivity index (χ0) is 20.2. The monoisotopic (exact) mass is 405 g/mol. The zero-order valence-electron chi connectivity index (χ0n) is 15.7. The molecule has 0 amide bonds. The standard InChI is InChI=1S/C17H16N6O.C3H3NS/c1-10(24)2-3-11-4-7-13-14(8-11)23(15(21-13)12-5-6-12)17-20-9-19-16(18)22-17;1-2-5-3-4-1/h4,7-10,12,24H,5-6H2,1H3,(H2,18,19,20,22);1-3H. The van der Waals surface area contributed by atoms with Crippen LogP contribution in [-0.2, 0) is 0 Å². The molecular weight excluding hydrogens is 386 g/mol. The minimum Gasteiger partial charge on any atom is -0.381 e. The molecule has 5 rings (SSSR count). The third kappa shape index (κ3) is 4.56. The predicted molar refractivity (Wildman–Crippen MR) is 112 cm³/mol. The molecule has 3 heterocycles. The van der Waals surface area contributed by atoms with Crippen molar-refractivity contribution in [1.29, 1.82) is 0 Å². The Morgan fingerprint density at radius 1 is 1.28 bits per heavy atom. The largest absolute Gasteiger partial charge is 0.381 e. The fourth-order valence-electron chi connectivity index (χ4n) is 2.77. The number of hydrogen-bond donors (Lipinski definition) is 2. The summed E-state index contributed by atoms with van der Waals surface area (Å²) in [4.78, 5) is 20.8. The molecule has 0 bridgehead atoms. The van der Waals surface area contributed by atoms with Crippen molar-refractivity contribution in [2.24, 2.45) is 0 Å². The van der Waals surface area contributed by atoms with Gasteiger partial charge in [-0.05, 0) is 38.0 Å². The summed E-state index contributed by atoms with van der Waals surface area (Å²) in [5.41, 5.74) is 10.0. The van der Waals surface area contributed by atoms with Crippen LogP contribution >= 0.6 is 11.3 Å². The Morgan fingerprint density at radius 2 is 2.14 bits per heavy atom. The average molecular weight is 405 g/mol. The lowest BCUT2D eigenvalue weighted by atomic mass is 10.2. The van der Waals surface area contributed by atoms with E-state index in [0.717, 1.165) is 35.3 Å². The number of thiazole rings is 1. The molecule has 0 aliphatic heterocycles. The topological polar surface area (TPSA) is 116 Å². The molecule has 1 saturated carbocycles. The van der Waals surface area contributed by atoms with Gasteiger partial charge in [-0.1, -0.05) is 11.8 Å². The quantitative estimate of drug-likeness (QED) is 0.492. The highest BCUT2D eigenvalue weighted by Crippen LogP contribution is 2.41. The number of hydrogen-bond acceptors (Lipinski definition) is 8. The van der Waals surface area contributed by atoms with Crippen molar-refractivity contribution < 1.29 is 5.11 Å². The van der Waals surface area contributed by atoms with Crippen molar-refractivity contribution >= 4 is 28.3 Å². The van der Waals surface area contributed by atoms with Gasteiger partial charge in [-0.15, -0.1) is 11.3 Å². The van der Waals surface area contributed by atoms with Crippen molar-refractivity contribution in [3.8, 4) is 17.8 Å². The maximum Gasteiger partial charge on any atom is 0.240 e. The van der Waals surface area contributed by atoms with Crippen molar-refractivity contribution in [3.63, 3.8) is 0 Å². The van der Waals surface area contributed by atoms with Crippen LogP contribution in [0.15, 0.2) is 41.6 Å². The van der Waals surface area contributed by atoms with Crippen molar-refractivity contribution in [1.82, 2.24) is 29.5 Å². The predicted octanol–water partition coefficient (Wildman–Crippen LogP) is 2.55. The summed E-state index contributed by atoms with van der Waals surface area (Å²) in [6.07, 6.45) is 4.72. The Bertz CT molecular complexity index is 1150. The SMILES string of the molecule is CC(O)C#Cc1ccc2nc(C3CC3)n(-c3ncnc(N)n3)c2c1.c1cscn1. The fraction of sp³-hybridized carbons (Fsp3) is 0.250. The highest BCUT2D eigenvalue weighted by atomic mass is 32.1. The number of aromatic nitrogens is 6. The van der Waals surface area contributed by atoms with Crippen LogP contribution in [0.3, 0.4) is 0 Å². The molecule has 3 aromatic heterocycles. The van der Waals surface area contributed by atoms with Gasteiger partial charge in [-0.3, -0.25) is 9.55 Å². The van der Waals surface area contributed by atoms with Crippen LogP contribution in [0.4, 0.5) is 5.95 Å². The summed E-state index contributed by atoms with van der Waals surface area (Å²) in [5.74, 6) is 7.71. The molecule has 0 spiro atoms. The lowest BCUT2D eigenvalue weighted by molar-refractivity contribution is 0.253. The normalized spacial score (nSPS) is 13.9. The maximum absolute atomic E-state index is 9.34. The number of rotatable bonds is 2. The van der Waals surface area contributed by atoms with E-state index in [1.54, 1.807) is 30.0 Å². The molecule has 146 valence electrons. The third-order valence-electron chi connectivity index (χ3n) is 4.17. The Kier molecular flexibility index (Phi) is 5.46. The molecule has 3 N–H and O–H groups in total. The van der Waals surface area contributed by atoms with Gasteiger partial charge in [-0.2, -0.15) is 4.98 Å². The number of benzene rings is 1. The van der Waals surface area contributed by atoms with Gasteiger partial charge in [0.2, 0.25) is 11.9 Å². The van der Waals surface area contributed by atoms with Gasteiger partial charge >= 0.3 is 0 Å². The molecule has 1 aliphatic carbocycles. The van der Waals surface area contributed by atoms with E-state index in [1.165, 1.54) is 6.33 Å². The third-order valence-corrected chi connectivity index (χ3v) is 4.70. The summed E-state index contributed by atoms with van der Waals surface area (Å²) in [7, 11) is 0. The van der Waals surface area contributed by atoms with E-state index in [1.807, 2.05) is 28.1 Å². The summed E-state index contributed by atoms with van der Waals surface area (Å²) >= 11 is 1.60. The summed E-state index contributed by atoms with van der Waals surface area (Å²) in [5, 5.41) is 11.3. The molecule has 1 aliphatic rings. The number of nitrogens with zero attached hydrogens (tertiary/aromatic N) is 6. The summed E-state index contributed by atoms with van der Waals surface area (Å²) < 4.78 is 1.93. The van der Waals surface area contributed by atoms with E-state index in [-0.39, 0.29) is 5.95 Å². The van der Waals surface area contributed by atoms with Gasteiger partial charge in [0, 0.05) is 23.1 Å². The van der Waals surface area contributed by atoms with Crippen LogP contribution in [-0.4, -0.2) is 40.7 Å². The first-order valence-electron chi connectivity index (χ1n) is 9.11. The average Bonchev–Trinajstić information content (AvgIpc) is 3.22. The Morgan fingerprint density at radius 3 is 2.76 bits per heavy atom. The van der Waals surface area contributed by atoms with Crippen molar-refractivity contribution in [2.75, 3.05) is 5.73 Å². The highest BCUT2D eigenvalue weighted by Gasteiger charge is 2.31. The first-order valence-corrected chi connectivity index (χ1v) is 10.0. The number of imidazole rings is 1. The van der Waals surface area contributed by atoms with Crippen molar-refractivity contribution in [3.05, 3.63) is 53.0 Å². The molecule has 29 heavy (non-hydrogen) atoms. The van der Waals surface area contributed by atoms with Gasteiger partial charge in [0.05, 0.1) is 16.5 Å². The van der Waals surface area contributed by atoms with Gasteiger partial charge in [0.25, 0.3) is 0 Å². The van der Waals surface area contributed by atoms with E-state index in [9.17, 15) is 5.11 Å². The number of nitrogen functional groups attached to an aromatic ring is 1. The van der Waals surface area contributed by atoms with Crippen LogP contribution in [0.1, 0.15) is 37.1 Å². The molecule has 1 unspecified atom stereocenters. The number of fused-ring (bicyclic) bond motifs is 1. The Hall–Kier alpha value is -3.35. The van der Waals surface area contributed by atoms with Crippen molar-refractivity contribution in [2.45, 2.75) is 31.8 Å². The van der Waals surface area contributed by atoms with E-state index < -0.39 is 6.10 Å². The Balaban J connectivity index is 0.000000359. The molecule has 1 fully saturated rings. The minimum absolute atomic E-state index is 0.175. The van der Waals surface area contributed by atoms with E-state index in [4.69, 9.17) is 10.7 Å². The van der Waals surface area contributed by atoms with Crippen LogP contribution in [0, 0.1) is 11.8 Å². The van der Waals surface area contributed by atoms with Gasteiger partial charge < -0.3 is 10.8 Å². The molecule has 0 saturated heterocycles. The van der Waals surface area contributed by atoms with E-state index in [0.29, 0.717) is 11.9 Å².